The quantitative estimate of drug-likeness (QED) is 0.264. The summed E-state index contributed by atoms with van der Waals surface area (Å²) in [5.41, 5.74) is 0. The fourth-order valence-electron chi connectivity index (χ4n) is 1.63. The molecular weight excluding hydrogens is 352 g/mol. The van der Waals surface area contributed by atoms with Crippen molar-refractivity contribution < 1.29 is 40.8 Å². The van der Waals surface area contributed by atoms with E-state index in [0.717, 1.165) is 32.8 Å². The molecule has 0 saturated heterocycles. The van der Waals surface area contributed by atoms with Gasteiger partial charge in [0.2, 0.25) is 0 Å². The van der Waals surface area contributed by atoms with Gasteiger partial charge in [0, 0.05) is 0 Å². The molecule has 0 aromatic heterocycles. The first kappa shape index (κ1) is 23.4. The topological polar surface area (TPSA) is 71.1 Å². The lowest BCUT2D eigenvalue weighted by atomic mass is 10.3. The molecule has 144 valence electrons. The smallest absolute Gasteiger partial charge is 0.467 e. The van der Waals surface area contributed by atoms with Crippen molar-refractivity contribution in [2.45, 2.75) is 64.7 Å². The van der Waals surface area contributed by atoms with Crippen LogP contribution in [0.25, 0.3) is 0 Å². The maximum absolute atomic E-state index is 12.9. The predicted octanol–water partition coefficient (Wildman–Crippen LogP) is 4.63. The molecule has 0 N–H and O–H groups in total. The molecule has 0 bridgehead atoms. The van der Waals surface area contributed by atoms with E-state index in [1.54, 1.807) is 0 Å². The molecule has 0 aromatic rings. The maximum atomic E-state index is 12.9. The van der Waals surface area contributed by atoms with Gasteiger partial charge in [-0.3, -0.25) is 13.6 Å². The number of ether oxygens (including phenoxy) is 1. The van der Waals surface area contributed by atoms with Crippen molar-refractivity contribution >= 4 is 13.8 Å². The monoisotopic (exact) mass is 378 g/mol. The molecule has 0 rings (SSSR count). The number of rotatable bonds is 13. The molecule has 0 aliphatic rings. The van der Waals surface area contributed by atoms with Crippen molar-refractivity contribution in [2.24, 2.45) is 0 Å². The molecule has 0 unspecified atom stereocenters. The Labute approximate surface area is 140 Å². The van der Waals surface area contributed by atoms with E-state index in [1.165, 1.54) is 0 Å². The largest absolute Gasteiger partial charge is 0.475 e. The van der Waals surface area contributed by atoms with Crippen LogP contribution < -0.4 is 0 Å². The summed E-state index contributed by atoms with van der Waals surface area (Å²) in [4.78, 5) is 11.3. The zero-order valence-electron chi connectivity index (χ0n) is 14.3. The fourth-order valence-corrected chi connectivity index (χ4v) is 2.99. The van der Waals surface area contributed by atoms with Crippen LogP contribution in [0.1, 0.15) is 52.4 Å². The number of phosphoric acid groups is 1. The first-order chi connectivity index (χ1) is 11.2. The molecule has 0 spiro atoms. The summed E-state index contributed by atoms with van der Waals surface area (Å²) in [5.74, 6) is -1.71. The highest BCUT2D eigenvalue weighted by Gasteiger charge is 2.51. The summed E-state index contributed by atoms with van der Waals surface area (Å²) in [5, 5.41) is 0. The van der Waals surface area contributed by atoms with Gasteiger partial charge in [0.05, 0.1) is 20.3 Å². The van der Waals surface area contributed by atoms with Crippen molar-refractivity contribution in [1.29, 1.82) is 0 Å². The van der Waals surface area contributed by atoms with Gasteiger partial charge in [0.15, 0.2) is 0 Å². The molecule has 0 heterocycles. The highest BCUT2D eigenvalue weighted by Crippen LogP contribution is 2.52. The summed E-state index contributed by atoms with van der Waals surface area (Å²) >= 11 is 0. The van der Waals surface area contributed by atoms with Gasteiger partial charge in [-0.05, 0) is 12.8 Å². The molecule has 0 aromatic carbocycles. The summed E-state index contributed by atoms with van der Waals surface area (Å²) in [6.45, 7) is 3.66. The standard InChI is InChI=1S/C14H26F3O6P/c1-4-6-8-10-21-24(19,22-11-9-7-5-2)23-12(13(18)20-3)14(15,16)17/h12H,4-11H2,1-3H3/t12-/m1/s1. The van der Waals surface area contributed by atoms with Gasteiger partial charge in [-0.15, -0.1) is 0 Å². The summed E-state index contributed by atoms with van der Waals surface area (Å²) in [6.07, 6.45) is -3.97. The number of halogens is 3. The Hall–Kier alpha value is -0.630. The maximum Gasteiger partial charge on any atom is 0.475 e. The van der Waals surface area contributed by atoms with E-state index in [-0.39, 0.29) is 13.2 Å². The lowest BCUT2D eigenvalue weighted by Crippen LogP contribution is -2.39. The highest BCUT2D eigenvalue weighted by molar-refractivity contribution is 7.48. The molecule has 0 fully saturated rings. The van der Waals surface area contributed by atoms with Crippen LogP contribution in [0.3, 0.4) is 0 Å². The molecule has 0 saturated carbocycles. The van der Waals surface area contributed by atoms with Gasteiger partial charge in [-0.25, -0.2) is 9.36 Å². The van der Waals surface area contributed by atoms with Crippen LogP contribution in [0.5, 0.6) is 0 Å². The second kappa shape index (κ2) is 11.8. The van der Waals surface area contributed by atoms with Crippen LogP contribution in [0.4, 0.5) is 13.2 Å². The third-order valence-electron chi connectivity index (χ3n) is 2.94. The Kier molecular flexibility index (Phi) is 11.5. The average molecular weight is 378 g/mol. The fraction of sp³-hybridized carbons (Fsp3) is 0.929. The zero-order valence-corrected chi connectivity index (χ0v) is 15.2. The Morgan fingerprint density at radius 3 is 1.79 bits per heavy atom. The molecule has 24 heavy (non-hydrogen) atoms. The van der Waals surface area contributed by atoms with Gasteiger partial charge in [0.1, 0.15) is 0 Å². The van der Waals surface area contributed by atoms with Crippen LogP contribution in [-0.4, -0.2) is 38.6 Å². The number of esters is 1. The number of phosphoric ester groups is 1. The van der Waals surface area contributed by atoms with Crippen LogP contribution in [-0.2, 0) is 27.7 Å². The number of carbonyl (C=O) groups excluding carboxylic acids is 1. The Balaban J connectivity index is 4.98. The third kappa shape index (κ3) is 9.61. The van der Waals surface area contributed by atoms with Crippen molar-refractivity contribution in [1.82, 2.24) is 0 Å². The number of alkyl halides is 3. The van der Waals surface area contributed by atoms with Crippen LogP contribution >= 0.6 is 7.82 Å². The highest BCUT2D eigenvalue weighted by atomic mass is 31.2. The second-order valence-electron chi connectivity index (χ2n) is 5.08. The number of carbonyl (C=O) groups is 1. The van der Waals surface area contributed by atoms with E-state index >= 15 is 0 Å². The van der Waals surface area contributed by atoms with E-state index in [0.29, 0.717) is 12.8 Å². The number of methoxy groups -OCH3 is 1. The molecule has 0 amide bonds. The van der Waals surface area contributed by atoms with Gasteiger partial charge in [-0.2, -0.15) is 13.2 Å². The van der Waals surface area contributed by atoms with Crippen molar-refractivity contribution in [3.05, 3.63) is 0 Å². The summed E-state index contributed by atoms with van der Waals surface area (Å²) in [7, 11) is -3.76. The normalized spacial score (nSPS) is 13.8. The Morgan fingerprint density at radius 1 is 1.00 bits per heavy atom. The zero-order chi connectivity index (χ0) is 18.6. The van der Waals surface area contributed by atoms with E-state index < -0.39 is 26.1 Å². The summed E-state index contributed by atoms with van der Waals surface area (Å²) < 4.78 is 69.5. The average Bonchev–Trinajstić information content (AvgIpc) is 2.52. The minimum atomic E-state index is -5.09. The SMILES string of the molecule is CCCCCOP(=O)(OCCCCC)O[C@H](C(=O)OC)C(F)(F)F. The van der Waals surface area contributed by atoms with Gasteiger partial charge in [-0.1, -0.05) is 39.5 Å². The third-order valence-corrected chi connectivity index (χ3v) is 4.41. The molecular formula is C14H26F3O6P. The van der Waals surface area contributed by atoms with Gasteiger partial charge < -0.3 is 4.74 Å². The van der Waals surface area contributed by atoms with Crippen LogP contribution in [0, 0.1) is 0 Å². The van der Waals surface area contributed by atoms with E-state index in [9.17, 15) is 22.5 Å². The predicted molar refractivity (Wildman–Crippen MR) is 81.5 cm³/mol. The van der Waals surface area contributed by atoms with Gasteiger partial charge >= 0.3 is 20.0 Å². The molecule has 10 heteroatoms. The lowest BCUT2D eigenvalue weighted by molar-refractivity contribution is -0.213. The summed E-state index contributed by atoms with van der Waals surface area (Å²) in [6, 6.07) is 0. The van der Waals surface area contributed by atoms with Crippen molar-refractivity contribution in [3.8, 4) is 0 Å². The number of hydrogen-bond donors (Lipinski definition) is 0. The molecule has 6 nitrogen and oxygen atoms in total. The number of unbranched alkanes of at least 4 members (excludes halogenated alkanes) is 4. The van der Waals surface area contributed by atoms with Crippen molar-refractivity contribution in [3.63, 3.8) is 0 Å². The minimum absolute atomic E-state index is 0.0926. The van der Waals surface area contributed by atoms with Gasteiger partial charge in [0.25, 0.3) is 6.10 Å². The molecule has 0 aliphatic heterocycles. The first-order valence-electron chi connectivity index (χ1n) is 7.92. The number of hydrogen-bond acceptors (Lipinski definition) is 6. The second-order valence-corrected chi connectivity index (χ2v) is 6.70. The minimum Gasteiger partial charge on any atom is -0.467 e. The van der Waals surface area contributed by atoms with Crippen LogP contribution in [0.2, 0.25) is 0 Å². The first-order valence-corrected chi connectivity index (χ1v) is 9.38. The van der Waals surface area contributed by atoms with Crippen LogP contribution in [0.15, 0.2) is 0 Å². The molecule has 0 aliphatic carbocycles. The molecule has 0 radical (unpaired) electrons. The lowest BCUT2D eigenvalue weighted by Gasteiger charge is -2.24. The Bertz CT molecular complexity index is 386. The van der Waals surface area contributed by atoms with E-state index in [4.69, 9.17) is 9.05 Å². The molecule has 1 atom stereocenters. The van der Waals surface area contributed by atoms with E-state index in [2.05, 4.69) is 9.26 Å². The Morgan fingerprint density at radius 2 is 1.46 bits per heavy atom. The van der Waals surface area contributed by atoms with E-state index in [1.807, 2.05) is 13.8 Å². The van der Waals surface area contributed by atoms with Crippen molar-refractivity contribution in [2.75, 3.05) is 20.3 Å².